The Morgan fingerprint density at radius 3 is 2.13 bits per heavy atom. The quantitative estimate of drug-likeness (QED) is 0.659. The Kier molecular flexibility index (Phi) is 3.64. The minimum Gasteiger partial charge on any atom is -0.300 e. The van der Waals surface area contributed by atoms with Crippen LogP contribution in [0.1, 0.15) is 45.4 Å². The first-order valence-electron chi connectivity index (χ1n) is 6.43. The van der Waals surface area contributed by atoms with Crippen molar-refractivity contribution in [2.45, 2.75) is 51.5 Å². The molecule has 0 aromatic carbocycles. The third-order valence-corrected chi connectivity index (χ3v) is 4.21. The molecule has 0 spiro atoms. The molecule has 1 saturated carbocycles. The monoisotopic (exact) mass is 206 g/mol. The lowest BCUT2D eigenvalue weighted by molar-refractivity contribution is 0.107. The third kappa shape index (κ3) is 2.72. The second kappa shape index (κ2) is 4.99. The van der Waals surface area contributed by atoms with Crippen LogP contribution in [0.15, 0.2) is 0 Å². The number of piperidine rings is 1. The fourth-order valence-electron chi connectivity index (χ4n) is 3.00. The summed E-state index contributed by atoms with van der Waals surface area (Å²) < 4.78 is 0. The molecule has 0 aromatic rings. The van der Waals surface area contributed by atoms with Gasteiger partial charge in [0.1, 0.15) is 0 Å². The minimum absolute atomic E-state index is 0.337. The Morgan fingerprint density at radius 1 is 1.00 bits per heavy atom. The maximum absolute atomic E-state index is 8.85. The summed E-state index contributed by atoms with van der Waals surface area (Å²) in [7, 11) is 0. The van der Waals surface area contributed by atoms with Crippen molar-refractivity contribution >= 4 is 0 Å². The fraction of sp³-hybridized carbons (Fsp3) is 0.923. The van der Waals surface area contributed by atoms with Gasteiger partial charge in [0.2, 0.25) is 0 Å². The number of nitrogens with zero attached hydrogens (tertiary/aromatic N) is 2. The van der Waals surface area contributed by atoms with E-state index in [1.54, 1.807) is 0 Å². The standard InChI is InChI=1S/C13H22N2/c1-11-2-4-13(5-3-11)15-8-6-12(10-14)7-9-15/h11-13H,2-9H2,1H3. The molecule has 2 nitrogen and oxygen atoms in total. The molecule has 0 radical (unpaired) electrons. The van der Waals surface area contributed by atoms with Crippen LogP contribution in [0.3, 0.4) is 0 Å². The first-order valence-corrected chi connectivity index (χ1v) is 6.43. The second-order valence-electron chi connectivity index (χ2n) is 5.35. The van der Waals surface area contributed by atoms with Gasteiger partial charge in [-0.1, -0.05) is 6.92 Å². The Labute approximate surface area is 93.3 Å². The molecule has 1 saturated heterocycles. The number of rotatable bonds is 1. The van der Waals surface area contributed by atoms with E-state index >= 15 is 0 Å². The van der Waals surface area contributed by atoms with Gasteiger partial charge in [-0.25, -0.2) is 0 Å². The van der Waals surface area contributed by atoms with E-state index in [0.29, 0.717) is 5.92 Å². The Balaban J connectivity index is 1.78. The van der Waals surface area contributed by atoms with E-state index in [2.05, 4.69) is 17.9 Å². The normalized spacial score (nSPS) is 34.9. The van der Waals surface area contributed by atoms with Crippen molar-refractivity contribution in [3.63, 3.8) is 0 Å². The largest absolute Gasteiger partial charge is 0.300 e. The molecule has 0 amide bonds. The predicted octanol–water partition coefficient (Wildman–Crippen LogP) is 2.80. The molecular formula is C13H22N2. The zero-order valence-corrected chi connectivity index (χ0v) is 9.78. The molecule has 2 aliphatic rings. The minimum atomic E-state index is 0.337. The van der Waals surface area contributed by atoms with Crippen molar-refractivity contribution in [1.82, 2.24) is 4.90 Å². The van der Waals surface area contributed by atoms with E-state index in [1.807, 2.05) is 0 Å². The fourth-order valence-corrected chi connectivity index (χ4v) is 3.00. The molecular weight excluding hydrogens is 184 g/mol. The molecule has 2 rings (SSSR count). The molecule has 15 heavy (non-hydrogen) atoms. The average molecular weight is 206 g/mol. The van der Waals surface area contributed by atoms with Crippen molar-refractivity contribution < 1.29 is 0 Å². The third-order valence-electron chi connectivity index (χ3n) is 4.21. The van der Waals surface area contributed by atoms with E-state index in [4.69, 9.17) is 5.26 Å². The van der Waals surface area contributed by atoms with Crippen LogP contribution in [0.25, 0.3) is 0 Å². The molecule has 0 bridgehead atoms. The molecule has 1 aliphatic carbocycles. The van der Waals surface area contributed by atoms with E-state index in [1.165, 1.54) is 25.7 Å². The number of hydrogen-bond donors (Lipinski definition) is 0. The van der Waals surface area contributed by atoms with Crippen LogP contribution >= 0.6 is 0 Å². The summed E-state index contributed by atoms with van der Waals surface area (Å²) >= 11 is 0. The molecule has 0 atom stereocenters. The first kappa shape index (κ1) is 11.0. The van der Waals surface area contributed by atoms with Gasteiger partial charge in [-0.05, 0) is 57.5 Å². The van der Waals surface area contributed by atoms with Crippen molar-refractivity contribution in [3.05, 3.63) is 0 Å². The van der Waals surface area contributed by atoms with Gasteiger partial charge in [-0.2, -0.15) is 5.26 Å². The van der Waals surface area contributed by atoms with Crippen molar-refractivity contribution in [3.8, 4) is 6.07 Å². The molecule has 2 fully saturated rings. The summed E-state index contributed by atoms with van der Waals surface area (Å²) in [5.74, 6) is 1.28. The summed E-state index contributed by atoms with van der Waals surface area (Å²) in [5, 5.41) is 8.85. The summed E-state index contributed by atoms with van der Waals surface area (Å²) in [5.41, 5.74) is 0. The zero-order chi connectivity index (χ0) is 10.7. The molecule has 0 aromatic heterocycles. The maximum Gasteiger partial charge on any atom is 0.0656 e. The van der Waals surface area contributed by atoms with Gasteiger partial charge in [0.05, 0.1) is 6.07 Å². The lowest BCUT2D eigenvalue weighted by atomic mass is 9.85. The molecule has 1 aliphatic heterocycles. The van der Waals surface area contributed by atoms with E-state index in [0.717, 1.165) is 37.9 Å². The predicted molar refractivity (Wildman–Crippen MR) is 61.3 cm³/mol. The van der Waals surface area contributed by atoms with Crippen LogP contribution in [0, 0.1) is 23.2 Å². The summed E-state index contributed by atoms with van der Waals surface area (Å²) in [6, 6.07) is 3.24. The number of nitriles is 1. The van der Waals surface area contributed by atoms with Crippen molar-refractivity contribution in [2.75, 3.05) is 13.1 Å². The lowest BCUT2D eigenvalue weighted by Crippen LogP contribution is -2.42. The topological polar surface area (TPSA) is 27.0 Å². The van der Waals surface area contributed by atoms with Gasteiger partial charge in [-0.3, -0.25) is 0 Å². The summed E-state index contributed by atoms with van der Waals surface area (Å²) in [6.45, 7) is 4.70. The molecule has 2 heteroatoms. The van der Waals surface area contributed by atoms with Gasteiger partial charge in [0, 0.05) is 12.0 Å². The zero-order valence-electron chi connectivity index (χ0n) is 9.78. The molecule has 0 unspecified atom stereocenters. The van der Waals surface area contributed by atoms with Crippen LogP contribution in [0.2, 0.25) is 0 Å². The van der Waals surface area contributed by atoms with Crippen LogP contribution < -0.4 is 0 Å². The Bertz CT molecular complexity index is 227. The summed E-state index contributed by atoms with van der Waals surface area (Å²) in [4.78, 5) is 2.64. The van der Waals surface area contributed by atoms with Crippen LogP contribution in [-0.4, -0.2) is 24.0 Å². The highest BCUT2D eigenvalue weighted by Gasteiger charge is 2.27. The van der Waals surface area contributed by atoms with E-state index in [-0.39, 0.29) is 0 Å². The van der Waals surface area contributed by atoms with Crippen molar-refractivity contribution in [2.24, 2.45) is 11.8 Å². The van der Waals surface area contributed by atoms with Gasteiger partial charge in [0.15, 0.2) is 0 Å². The smallest absolute Gasteiger partial charge is 0.0656 e. The highest BCUT2D eigenvalue weighted by Crippen LogP contribution is 2.29. The highest BCUT2D eigenvalue weighted by molar-refractivity contribution is 4.89. The van der Waals surface area contributed by atoms with Gasteiger partial charge >= 0.3 is 0 Å². The average Bonchev–Trinajstić information content (AvgIpc) is 2.30. The van der Waals surface area contributed by atoms with Gasteiger partial charge in [-0.15, -0.1) is 0 Å². The van der Waals surface area contributed by atoms with Gasteiger partial charge < -0.3 is 4.90 Å². The number of hydrogen-bond acceptors (Lipinski definition) is 2. The first-order chi connectivity index (χ1) is 7.29. The maximum atomic E-state index is 8.85. The highest BCUT2D eigenvalue weighted by atomic mass is 15.2. The number of likely N-dealkylation sites (tertiary alicyclic amines) is 1. The summed E-state index contributed by atoms with van der Waals surface area (Å²) in [6.07, 6.45) is 7.79. The van der Waals surface area contributed by atoms with Crippen LogP contribution in [0.5, 0.6) is 0 Å². The van der Waals surface area contributed by atoms with Crippen LogP contribution in [-0.2, 0) is 0 Å². The van der Waals surface area contributed by atoms with E-state index < -0.39 is 0 Å². The van der Waals surface area contributed by atoms with Crippen LogP contribution in [0.4, 0.5) is 0 Å². The lowest BCUT2D eigenvalue weighted by Gasteiger charge is -2.39. The second-order valence-corrected chi connectivity index (χ2v) is 5.35. The SMILES string of the molecule is CC1CCC(N2CCC(C#N)CC2)CC1. The molecule has 1 heterocycles. The van der Waals surface area contributed by atoms with E-state index in [9.17, 15) is 0 Å². The van der Waals surface area contributed by atoms with Crippen molar-refractivity contribution in [1.29, 1.82) is 5.26 Å². The molecule has 0 N–H and O–H groups in total. The van der Waals surface area contributed by atoms with Gasteiger partial charge in [0.25, 0.3) is 0 Å². The Morgan fingerprint density at radius 2 is 1.60 bits per heavy atom. The Hall–Kier alpha value is -0.550. The molecule has 84 valence electrons.